The molecule has 1 aliphatic rings. The maximum absolute atomic E-state index is 10.7. The number of ether oxygens (including phenoxy) is 1. The number of para-hydroxylation sites is 1. The largest absolute Gasteiger partial charge is 0.373 e. The molecule has 1 heterocycles. The Hall–Kier alpha value is -1.42. The Kier molecular flexibility index (Phi) is 2.45. The van der Waals surface area contributed by atoms with Crippen LogP contribution in [0.15, 0.2) is 24.3 Å². The number of rotatable bonds is 2. The fourth-order valence-electron chi connectivity index (χ4n) is 1.75. The van der Waals surface area contributed by atoms with Crippen molar-refractivity contribution >= 4 is 5.69 Å². The van der Waals surface area contributed by atoms with E-state index in [2.05, 4.69) is 0 Å². The van der Waals surface area contributed by atoms with Crippen molar-refractivity contribution in [2.24, 2.45) is 0 Å². The first kappa shape index (κ1) is 9.15. The first-order valence-corrected chi connectivity index (χ1v) is 4.64. The highest BCUT2D eigenvalue weighted by Crippen LogP contribution is 2.33. The second-order valence-electron chi connectivity index (χ2n) is 3.32. The molecule has 1 aromatic carbocycles. The zero-order valence-electron chi connectivity index (χ0n) is 7.68. The highest BCUT2D eigenvalue weighted by molar-refractivity contribution is 5.41. The van der Waals surface area contributed by atoms with Gasteiger partial charge in [0.1, 0.15) is 0 Å². The van der Waals surface area contributed by atoms with Crippen molar-refractivity contribution in [3.05, 3.63) is 39.9 Å². The predicted octanol–water partition coefficient (Wildman–Crippen LogP) is 2.45. The zero-order valence-corrected chi connectivity index (χ0v) is 7.68. The first-order valence-electron chi connectivity index (χ1n) is 4.64. The van der Waals surface area contributed by atoms with Crippen molar-refractivity contribution in [1.82, 2.24) is 0 Å². The van der Waals surface area contributed by atoms with Gasteiger partial charge < -0.3 is 4.74 Å². The van der Waals surface area contributed by atoms with Gasteiger partial charge in [-0.2, -0.15) is 0 Å². The van der Waals surface area contributed by atoms with Gasteiger partial charge in [-0.1, -0.05) is 12.1 Å². The predicted molar refractivity (Wildman–Crippen MR) is 51.0 cm³/mol. The lowest BCUT2D eigenvalue weighted by molar-refractivity contribution is -0.386. The van der Waals surface area contributed by atoms with Gasteiger partial charge in [0.15, 0.2) is 0 Å². The molecule has 4 heteroatoms. The summed E-state index contributed by atoms with van der Waals surface area (Å²) in [6, 6.07) is 6.78. The van der Waals surface area contributed by atoms with Crippen molar-refractivity contribution in [3.63, 3.8) is 0 Å². The van der Waals surface area contributed by atoms with Crippen LogP contribution in [-0.2, 0) is 4.74 Å². The molecule has 14 heavy (non-hydrogen) atoms. The van der Waals surface area contributed by atoms with Crippen LogP contribution in [0.4, 0.5) is 5.69 Å². The SMILES string of the molecule is O=[N+]([O-])c1ccccc1C1CCCO1. The van der Waals surface area contributed by atoms with Gasteiger partial charge in [0.2, 0.25) is 0 Å². The van der Waals surface area contributed by atoms with Gasteiger partial charge in [-0.05, 0) is 18.9 Å². The summed E-state index contributed by atoms with van der Waals surface area (Å²) in [5.41, 5.74) is 0.870. The molecule has 1 aliphatic heterocycles. The lowest BCUT2D eigenvalue weighted by atomic mass is 10.1. The van der Waals surface area contributed by atoms with E-state index in [1.54, 1.807) is 12.1 Å². The number of nitro benzene ring substituents is 1. The summed E-state index contributed by atoms with van der Waals surface area (Å²) >= 11 is 0. The molecule has 0 N–H and O–H groups in total. The van der Waals surface area contributed by atoms with Crippen LogP contribution >= 0.6 is 0 Å². The molecule has 0 spiro atoms. The molecule has 0 aromatic heterocycles. The summed E-state index contributed by atoms with van der Waals surface area (Å²) in [4.78, 5) is 10.4. The fourth-order valence-corrected chi connectivity index (χ4v) is 1.75. The van der Waals surface area contributed by atoms with E-state index in [9.17, 15) is 10.1 Å². The Labute approximate surface area is 81.7 Å². The summed E-state index contributed by atoms with van der Waals surface area (Å²) in [6.07, 6.45) is 1.78. The number of hydrogen-bond donors (Lipinski definition) is 0. The molecule has 0 bridgehead atoms. The monoisotopic (exact) mass is 193 g/mol. The molecule has 0 saturated carbocycles. The Morgan fingerprint density at radius 3 is 2.86 bits per heavy atom. The molecule has 0 amide bonds. The van der Waals surface area contributed by atoms with Crippen molar-refractivity contribution in [2.45, 2.75) is 18.9 Å². The number of nitro groups is 1. The highest BCUT2D eigenvalue weighted by atomic mass is 16.6. The Morgan fingerprint density at radius 1 is 1.43 bits per heavy atom. The molecular formula is C10H11NO3. The van der Waals surface area contributed by atoms with E-state index >= 15 is 0 Å². The lowest BCUT2D eigenvalue weighted by Gasteiger charge is -2.09. The van der Waals surface area contributed by atoms with Gasteiger partial charge >= 0.3 is 0 Å². The highest BCUT2D eigenvalue weighted by Gasteiger charge is 2.24. The normalized spacial score (nSPS) is 21.0. The van der Waals surface area contributed by atoms with Crippen molar-refractivity contribution in [1.29, 1.82) is 0 Å². The molecule has 1 atom stereocenters. The van der Waals surface area contributed by atoms with Crippen LogP contribution in [0, 0.1) is 10.1 Å². The Bertz CT molecular complexity index is 345. The minimum absolute atomic E-state index is 0.0865. The van der Waals surface area contributed by atoms with Crippen LogP contribution in [0.25, 0.3) is 0 Å². The molecule has 1 aromatic rings. The molecule has 2 rings (SSSR count). The number of hydrogen-bond acceptors (Lipinski definition) is 3. The van der Waals surface area contributed by atoms with E-state index in [0.29, 0.717) is 12.2 Å². The molecule has 1 saturated heterocycles. The molecule has 0 aliphatic carbocycles. The van der Waals surface area contributed by atoms with E-state index in [4.69, 9.17) is 4.74 Å². The molecular weight excluding hydrogens is 182 g/mol. The van der Waals surface area contributed by atoms with Crippen LogP contribution in [0.2, 0.25) is 0 Å². The molecule has 0 radical (unpaired) electrons. The minimum Gasteiger partial charge on any atom is -0.373 e. The summed E-state index contributed by atoms with van der Waals surface area (Å²) in [5.74, 6) is 0. The summed E-state index contributed by atoms with van der Waals surface area (Å²) in [6.45, 7) is 0.705. The van der Waals surface area contributed by atoms with Crippen LogP contribution < -0.4 is 0 Å². The second kappa shape index (κ2) is 3.75. The van der Waals surface area contributed by atoms with Gasteiger partial charge in [0, 0.05) is 12.7 Å². The van der Waals surface area contributed by atoms with E-state index in [1.807, 2.05) is 6.07 Å². The quantitative estimate of drug-likeness (QED) is 0.535. The van der Waals surface area contributed by atoms with E-state index in [-0.39, 0.29) is 16.7 Å². The molecule has 1 fully saturated rings. The second-order valence-corrected chi connectivity index (χ2v) is 3.32. The summed E-state index contributed by atoms with van der Waals surface area (Å²) in [5, 5.41) is 10.7. The summed E-state index contributed by atoms with van der Waals surface area (Å²) in [7, 11) is 0. The molecule has 4 nitrogen and oxygen atoms in total. The number of benzene rings is 1. The Balaban J connectivity index is 2.35. The number of nitrogens with zero attached hydrogens (tertiary/aromatic N) is 1. The third-order valence-electron chi connectivity index (χ3n) is 2.41. The molecule has 1 unspecified atom stereocenters. The minimum atomic E-state index is -0.350. The lowest BCUT2D eigenvalue weighted by Crippen LogP contribution is -2.00. The van der Waals surface area contributed by atoms with Crippen molar-refractivity contribution < 1.29 is 9.66 Å². The average Bonchev–Trinajstić information content (AvgIpc) is 2.70. The van der Waals surface area contributed by atoms with Crippen LogP contribution in [0.1, 0.15) is 24.5 Å². The first-order chi connectivity index (χ1) is 6.79. The smallest absolute Gasteiger partial charge is 0.275 e. The fraction of sp³-hybridized carbons (Fsp3) is 0.400. The van der Waals surface area contributed by atoms with Crippen molar-refractivity contribution in [2.75, 3.05) is 6.61 Å². The van der Waals surface area contributed by atoms with Gasteiger partial charge in [-0.15, -0.1) is 0 Å². The maximum Gasteiger partial charge on any atom is 0.275 e. The maximum atomic E-state index is 10.7. The third-order valence-corrected chi connectivity index (χ3v) is 2.41. The molecule has 74 valence electrons. The van der Waals surface area contributed by atoms with Gasteiger partial charge in [0.25, 0.3) is 5.69 Å². The van der Waals surface area contributed by atoms with E-state index in [0.717, 1.165) is 12.8 Å². The van der Waals surface area contributed by atoms with Gasteiger partial charge in [-0.25, -0.2) is 0 Å². The Morgan fingerprint density at radius 2 is 2.21 bits per heavy atom. The van der Waals surface area contributed by atoms with Gasteiger partial charge in [-0.3, -0.25) is 10.1 Å². The van der Waals surface area contributed by atoms with E-state index < -0.39 is 0 Å². The van der Waals surface area contributed by atoms with Crippen LogP contribution in [-0.4, -0.2) is 11.5 Å². The standard InChI is InChI=1S/C10H11NO3/c12-11(13)9-5-2-1-4-8(9)10-6-3-7-14-10/h1-2,4-5,10H,3,6-7H2. The van der Waals surface area contributed by atoms with Crippen LogP contribution in [0.5, 0.6) is 0 Å². The van der Waals surface area contributed by atoms with Crippen LogP contribution in [0.3, 0.4) is 0 Å². The average molecular weight is 193 g/mol. The topological polar surface area (TPSA) is 52.4 Å². The third kappa shape index (κ3) is 1.61. The summed E-state index contributed by atoms with van der Waals surface area (Å²) < 4.78 is 5.43. The van der Waals surface area contributed by atoms with E-state index in [1.165, 1.54) is 6.07 Å². The van der Waals surface area contributed by atoms with Crippen molar-refractivity contribution in [3.8, 4) is 0 Å². The van der Waals surface area contributed by atoms with Gasteiger partial charge in [0.05, 0.1) is 16.6 Å². The zero-order chi connectivity index (χ0) is 9.97.